The van der Waals surface area contributed by atoms with E-state index in [0.717, 1.165) is 12.8 Å². The van der Waals surface area contributed by atoms with Crippen molar-refractivity contribution in [3.8, 4) is 0 Å². The van der Waals surface area contributed by atoms with Crippen molar-refractivity contribution >= 4 is 17.6 Å². The third-order valence-corrected chi connectivity index (χ3v) is 2.50. The lowest BCUT2D eigenvalue weighted by molar-refractivity contribution is -0.133. The first-order chi connectivity index (χ1) is 7.50. The lowest BCUT2D eigenvalue weighted by Crippen LogP contribution is -2.34. The number of nitrogens with zero attached hydrogens (tertiary/aromatic N) is 2. The number of carbonyl (C=O) groups is 2. The van der Waals surface area contributed by atoms with Gasteiger partial charge in [-0.15, -0.1) is 0 Å². The van der Waals surface area contributed by atoms with Crippen LogP contribution in [0.2, 0.25) is 0 Å². The molecule has 1 heterocycles. The first kappa shape index (κ1) is 12.7. The summed E-state index contributed by atoms with van der Waals surface area (Å²) in [4.78, 5) is 22.2. The fraction of sp³-hybridized carbons (Fsp3) is 0.727. The number of carboxylic acids is 1. The number of aliphatic carboxylic acids is 1. The molecule has 1 aliphatic rings. The van der Waals surface area contributed by atoms with Crippen LogP contribution in [0.15, 0.2) is 5.10 Å². The van der Waals surface area contributed by atoms with Crippen molar-refractivity contribution in [3.63, 3.8) is 0 Å². The molecule has 90 valence electrons. The van der Waals surface area contributed by atoms with Gasteiger partial charge in [0.1, 0.15) is 5.71 Å². The molecule has 0 fully saturated rings. The highest BCUT2D eigenvalue weighted by atomic mass is 16.4. The summed E-state index contributed by atoms with van der Waals surface area (Å²) in [6.45, 7) is 4.75. The number of hydrogen-bond acceptors (Lipinski definition) is 3. The third kappa shape index (κ3) is 3.64. The minimum Gasteiger partial charge on any atom is -0.477 e. The van der Waals surface area contributed by atoms with Crippen molar-refractivity contribution in [1.29, 1.82) is 0 Å². The van der Waals surface area contributed by atoms with Gasteiger partial charge >= 0.3 is 5.97 Å². The molecule has 0 unspecified atom stereocenters. The molecule has 0 saturated carbocycles. The summed E-state index contributed by atoms with van der Waals surface area (Å²) in [5, 5.41) is 13.9. The molecule has 0 spiro atoms. The van der Waals surface area contributed by atoms with Gasteiger partial charge in [0, 0.05) is 19.4 Å². The highest BCUT2D eigenvalue weighted by molar-refractivity contribution is 6.36. The van der Waals surface area contributed by atoms with Crippen molar-refractivity contribution in [3.05, 3.63) is 0 Å². The number of amides is 1. The molecule has 1 N–H and O–H groups in total. The number of hydrazone groups is 1. The Balaban J connectivity index is 2.52. The van der Waals surface area contributed by atoms with Crippen LogP contribution in [0, 0.1) is 5.92 Å². The molecule has 0 aromatic carbocycles. The van der Waals surface area contributed by atoms with Gasteiger partial charge in [0.25, 0.3) is 0 Å². The summed E-state index contributed by atoms with van der Waals surface area (Å²) < 4.78 is 0. The van der Waals surface area contributed by atoms with E-state index in [1.54, 1.807) is 0 Å². The number of carboxylic acid groups (broad SMARTS) is 1. The quantitative estimate of drug-likeness (QED) is 0.772. The largest absolute Gasteiger partial charge is 0.477 e. The second kappa shape index (κ2) is 5.63. The Hall–Kier alpha value is -1.39. The van der Waals surface area contributed by atoms with Crippen molar-refractivity contribution in [2.45, 2.75) is 39.5 Å². The van der Waals surface area contributed by atoms with Crippen LogP contribution in [0.5, 0.6) is 0 Å². The molecule has 0 bridgehead atoms. The Bertz CT molecular complexity index is 310. The van der Waals surface area contributed by atoms with E-state index in [4.69, 9.17) is 5.11 Å². The SMILES string of the molecule is CC(C)CCCN1N=C(C(=O)O)CCC1=O. The molecule has 5 heteroatoms. The topological polar surface area (TPSA) is 70.0 Å². The van der Waals surface area contributed by atoms with E-state index in [1.165, 1.54) is 5.01 Å². The van der Waals surface area contributed by atoms with E-state index in [9.17, 15) is 9.59 Å². The average Bonchev–Trinajstić information content (AvgIpc) is 2.20. The summed E-state index contributed by atoms with van der Waals surface area (Å²) in [6.07, 6.45) is 2.38. The molecule has 0 aromatic rings. The van der Waals surface area contributed by atoms with Crippen LogP contribution < -0.4 is 0 Å². The lowest BCUT2D eigenvalue weighted by Gasteiger charge is -2.22. The average molecular weight is 226 g/mol. The Morgan fingerprint density at radius 2 is 2.19 bits per heavy atom. The van der Waals surface area contributed by atoms with E-state index in [1.807, 2.05) is 0 Å². The maximum absolute atomic E-state index is 11.5. The van der Waals surface area contributed by atoms with Crippen molar-refractivity contribution in [2.75, 3.05) is 6.54 Å². The lowest BCUT2D eigenvalue weighted by atomic mass is 10.1. The smallest absolute Gasteiger partial charge is 0.352 e. The van der Waals surface area contributed by atoms with Crippen molar-refractivity contribution < 1.29 is 14.7 Å². The molecule has 0 atom stereocenters. The second-order valence-corrected chi connectivity index (χ2v) is 4.40. The Morgan fingerprint density at radius 3 is 2.75 bits per heavy atom. The minimum atomic E-state index is -1.03. The summed E-state index contributed by atoms with van der Waals surface area (Å²) in [5.41, 5.74) is 0.0872. The van der Waals surface area contributed by atoms with Gasteiger partial charge in [0.05, 0.1) is 0 Å². The molecular formula is C11H18N2O3. The van der Waals surface area contributed by atoms with E-state index >= 15 is 0 Å². The van der Waals surface area contributed by atoms with Gasteiger partial charge in [0.2, 0.25) is 5.91 Å². The molecule has 1 amide bonds. The monoisotopic (exact) mass is 226 g/mol. The van der Waals surface area contributed by atoms with Crippen LogP contribution in [0.3, 0.4) is 0 Å². The Kier molecular flexibility index (Phi) is 4.46. The maximum Gasteiger partial charge on any atom is 0.352 e. The fourth-order valence-electron chi connectivity index (χ4n) is 1.58. The molecular weight excluding hydrogens is 208 g/mol. The van der Waals surface area contributed by atoms with Crippen molar-refractivity contribution in [1.82, 2.24) is 5.01 Å². The van der Waals surface area contributed by atoms with Crippen LogP contribution in [-0.2, 0) is 9.59 Å². The Morgan fingerprint density at radius 1 is 1.50 bits per heavy atom. The van der Waals surface area contributed by atoms with Crippen LogP contribution in [0.25, 0.3) is 0 Å². The third-order valence-electron chi connectivity index (χ3n) is 2.50. The first-order valence-electron chi connectivity index (χ1n) is 5.62. The Labute approximate surface area is 95.1 Å². The molecule has 0 aromatic heterocycles. The summed E-state index contributed by atoms with van der Waals surface area (Å²) in [6, 6.07) is 0. The minimum absolute atomic E-state index is 0.0752. The molecule has 5 nitrogen and oxygen atoms in total. The zero-order valence-corrected chi connectivity index (χ0v) is 9.77. The zero-order valence-electron chi connectivity index (χ0n) is 9.77. The zero-order chi connectivity index (χ0) is 12.1. The summed E-state index contributed by atoms with van der Waals surface area (Å²) in [7, 11) is 0. The van der Waals surface area contributed by atoms with Crippen LogP contribution in [0.4, 0.5) is 0 Å². The predicted octanol–water partition coefficient (Wildman–Crippen LogP) is 1.49. The first-order valence-corrected chi connectivity index (χ1v) is 5.62. The maximum atomic E-state index is 11.5. The standard InChI is InChI=1S/C11H18N2O3/c1-8(2)4-3-7-13-10(14)6-5-9(12-13)11(15)16/h8H,3-7H2,1-2H3,(H,15,16). The molecule has 16 heavy (non-hydrogen) atoms. The van der Waals surface area contributed by atoms with Crippen LogP contribution in [-0.4, -0.2) is 34.2 Å². The molecule has 1 aliphatic heterocycles. The van der Waals surface area contributed by atoms with Gasteiger partial charge in [0.15, 0.2) is 0 Å². The van der Waals surface area contributed by atoms with E-state index in [2.05, 4.69) is 18.9 Å². The number of carbonyl (C=O) groups excluding carboxylic acids is 1. The van der Waals surface area contributed by atoms with Gasteiger partial charge in [-0.25, -0.2) is 9.80 Å². The van der Waals surface area contributed by atoms with E-state index in [0.29, 0.717) is 12.5 Å². The predicted molar refractivity (Wildman–Crippen MR) is 60.1 cm³/mol. The highest BCUT2D eigenvalue weighted by Crippen LogP contribution is 2.12. The molecule has 0 saturated heterocycles. The number of rotatable bonds is 5. The highest BCUT2D eigenvalue weighted by Gasteiger charge is 2.23. The normalized spacial score (nSPS) is 16.6. The van der Waals surface area contributed by atoms with Crippen LogP contribution >= 0.6 is 0 Å². The second-order valence-electron chi connectivity index (χ2n) is 4.40. The van der Waals surface area contributed by atoms with Gasteiger partial charge in [-0.1, -0.05) is 13.8 Å². The number of hydrogen-bond donors (Lipinski definition) is 1. The molecule has 0 radical (unpaired) electrons. The van der Waals surface area contributed by atoms with E-state index < -0.39 is 5.97 Å². The summed E-state index contributed by atoms with van der Waals surface area (Å²) in [5.74, 6) is -0.516. The van der Waals surface area contributed by atoms with Gasteiger partial charge in [-0.05, 0) is 18.8 Å². The summed E-state index contributed by atoms with van der Waals surface area (Å²) >= 11 is 0. The fourth-order valence-corrected chi connectivity index (χ4v) is 1.58. The molecule has 0 aliphatic carbocycles. The van der Waals surface area contributed by atoms with E-state index in [-0.39, 0.29) is 24.5 Å². The van der Waals surface area contributed by atoms with Crippen LogP contribution in [0.1, 0.15) is 39.5 Å². The van der Waals surface area contributed by atoms with Crippen molar-refractivity contribution in [2.24, 2.45) is 11.0 Å². The van der Waals surface area contributed by atoms with Gasteiger partial charge in [-0.2, -0.15) is 5.10 Å². The van der Waals surface area contributed by atoms with Gasteiger partial charge in [-0.3, -0.25) is 4.79 Å². The van der Waals surface area contributed by atoms with Gasteiger partial charge < -0.3 is 5.11 Å². The molecule has 1 rings (SSSR count).